The van der Waals surface area contributed by atoms with E-state index < -0.39 is 30.9 Å². The molecule has 0 fully saturated rings. The monoisotopic (exact) mass is 1070 g/mol. The Hall–Kier alpha value is -9.08. The first-order chi connectivity index (χ1) is 39.2. The molecule has 2 atom stereocenters. The number of ether oxygens (including phenoxy) is 4. The predicted molar refractivity (Wildman–Crippen MR) is 318 cm³/mol. The molecule has 8 aliphatic rings. The highest BCUT2D eigenvalue weighted by Gasteiger charge is 2.63. The summed E-state index contributed by atoms with van der Waals surface area (Å²) in [5.74, 6) is 6.70. The first-order valence-corrected chi connectivity index (χ1v) is 30.8. The summed E-state index contributed by atoms with van der Waals surface area (Å²) in [4.78, 5) is 14.1. The lowest BCUT2D eigenvalue weighted by Gasteiger charge is -2.59. The van der Waals surface area contributed by atoms with Gasteiger partial charge in [-0.05, 0) is 118 Å². The van der Waals surface area contributed by atoms with Crippen LogP contribution in [0.1, 0.15) is 49.9 Å². The first-order valence-electron chi connectivity index (χ1n) is 27.5. The summed E-state index contributed by atoms with van der Waals surface area (Å²) in [5, 5.41) is 0. The minimum absolute atomic E-state index is 0.394. The number of hydrogen-bond donors (Lipinski definition) is 0. The second-order valence-electron chi connectivity index (χ2n) is 23.1. The van der Waals surface area contributed by atoms with Gasteiger partial charge in [0.25, 0.3) is 0 Å². The van der Waals surface area contributed by atoms with Crippen molar-refractivity contribution in [2.75, 3.05) is 9.80 Å². The minimum atomic E-state index is -2.58. The molecule has 6 heterocycles. The van der Waals surface area contributed by atoms with Crippen molar-refractivity contribution in [3.05, 3.63) is 241 Å². The summed E-state index contributed by atoms with van der Waals surface area (Å²) < 4.78 is 31.6. The molecule has 0 radical (unpaired) electrons. The van der Waals surface area contributed by atoms with Crippen LogP contribution in [0.3, 0.4) is 0 Å². The van der Waals surface area contributed by atoms with Gasteiger partial charge in [0.05, 0.1) is 40.7 Å². The minimum Gasteiger partial charge on any atom is -0.454 e. The molecule has 0 bridgehead atoms. The number of anilines is 6. The maximum absolute atomic E-state index is 8.10. The quantitative estimate of drug-likeness (QED) is 0.175. The lowest BCUT2D eigenvalue weighted by atomic mass is 9.81. The number of nitrogens with zero attached hydrogens (tertiary/aromatic N) is 2. The molecule has 2 unspecified atom stereocenters. The van der Waals surface area contributed by atoms with E-state index >= 15 is 0 Å². The standard InChI is InChI=1S/C72H48N2O4S2/c1-71(2)49-33-19-17-31-45(49)47-39-51-65-61(57(47)71)75-53-35-21-37-55-67(53)79(65,43-27-13-7-14-28-43)69-59(73(51)41-23-9-5-10-24-41)64-70-60(63(69)77-55)74(42-25-11-6-12-26-42)52-40-48-46-32-18-20-34-50(46)72(3,4)58(48)62-66(52)80(70,44-29-15-8-16-30-44)68-54(76-62)36-22-38-56(68)78-64/h5-40H,1-4H3. The number of hydrogen-bond acceptors (Lipinski definition) is 6. The van der Waals surface area contributed by atoms with Crippen LogP contribution in [0.5, 0.6) is 46.0 Å². The molecule has 0 aromatic heterocycles. The van der Waals surface area contributed by atoms with Crippen molar-refractivity contribution in [1.29, 1.82) is 0 Å². The molecule has 8 heteroatoms. The summed E-state index contributed by atoms with van der Waals surface area (Å²) in [6.07, 6.45) is 0. The maximum Gasteiger partial charge on any atom is 0.168 e. The second kappa shape index (κ2) is 14.6. The van der Waals surface area contributed by atoms with Gasteiger partial charge >= 0.3 is 0 Å². The first kappa shape index (κ1) is 43.9. The van der Waals surface area contributed by atoms with Gasteiger partial charge in [-0.25, -0.2) is 0 Å². The molecule has 6 aliphatic heterocycles. The zero-order valence-electron chi connectivity index (χ0n) is 44.1. The van der Waals surface area contributed by atoms with E-state index in [-0.39, 0.29) is 0 Å². The molecule has 0 saturated heterocycles. The third-order valence-corrected chi connectivity index (χ3v) is 26.4. The van der Waals surface area contributed by atoms with E-state index in [1.54, 1.807) is 0 Å². The molecule has 80 heavy (non-hydrogen) atoms. The number of para-hydroxylation sites is 2. The van der Waals surface area contributed by atoms with Crippen molar-refractivity contribution < 1.29 is 18.9 Å². The molecular weight excluding hydrogens is 1020 g/mol. The Morgan fingerprint density at radius 2 is 0.650 bits per heavy atom. The van der Waals surface area contributed by atoms with Crippen molar-refractivity contribution in [3.8, 4) is 68.2 Å². The predicted octanol–water partition coefficient (Wildman–Crippen LogP) is 21.0. The molecule has 0 amide bonds. The fourth-order valence-corrected chi connectivity index (χ4v) is 24.5. The lowest BCUT2D eigenvalue weighted by molar-refractivity contribution is 0.393. The SMILES string of the molecule is CC1(C)c2ccccc2-c2cc3c4c(c21)Oc1cccc2c1S4(c1ccccc1)c1c(c4c5c(c1N3c1ccccc1)Oc1cccc3c1S5(c1ccccc1)c1c(cc5c(c1O3)C(C)(C)c1ccccc1-5)N4c1ccccc1)O2. The number of rotatable bonds is 4. The second-order valence-corrected chi connectivity index (χ2v) is 28.9. The van der Waals surface area contributed by atoms with E-state index in [1.807, 2.05) is 0 Å². The molecule has 6 nitrogen and oxygen atoms in total. The topological polar surface area (TPSA) is 43.4 Å². The molecule has 11 aromatic carbocycles. The van der Waals surface area contributed by atoms with Crippen molar-refractivity contribution in [2.24, 2.45) is 0 Å². The lowest BCUT2D eigenvalue weighted by Crippen LogP contribution is -2.33. The van der Waals surface area contributed by atoms with Crippen molar-refractivity contribution >= 4 is 54.2 Å². The van der Waals surface area contributed by atoms with Crippen LogP contribution in [0.2, 0.25) is 0 Å². The van der Waals surface area contributed by atoms with E-state index in [9.17, 15) is 0 Å². The van der Waals surface area contributed by atoms with E-state index in [2.05, 4.69) is 256 Å². The van der Waals surface area contributed by atoms with Crippen LogP contribution in [-0.2, 0) is 10.8 Å². The maximum atomic E-state index is 8.10. The van der Waals surface area contributed by atoms with Crippen molar-refractivity contribution in [2.45, 2.75) is 77.7 Å². The normalized spacial score (nSPS) is 21.0. The Morgan fingerprint density at radius 1 is 0.312 bits per heavy atom. The summed E-state index contributed by atoms with van der Waals surface area (Å²) in [5.41, 5.74) is 15.1. The number of benzene rings is 11. The highest BCUT2D eigenvalue weighted by molar-refractivity contribution is 8.35. The van der Waals surface area contributed by atoms with Crippen LogP contribution in [0.15, 0.2) is 258 Å². The van der Waals surface area contributed by atoms with Gasteiger partial charge in [0.2, 0.25) is 0 Å². The van der Waals surface area contributed by atoms with Crippen LogP contribution in [0.4, 0.5) is 34.1 Å². The largest absolute Gasteiger partial charge is 0.454 e. The highest BCUT2D eigenvalue weighted by atomic mass is 32.3. The van der Waals surface area contributed by atoms with Gasteiger partial charge in [-0.1, -0.05) is 161 Å². The Morgan fingerprint density at radius 3 is 1.04 bits per heavy atom. The van der Waals surface area contributed by atoms with E-state index in [0.717, 1.165) is 99.7 Å². The molecule has 2 aliphatic carbocycles. The summed E-state index contributed by atoms with van der Waals surface area (Å²) in [7, 11) is -5.16. The zero-order chi connectivity index (χ0) is 52.8. The van der Waals surface area contributed by atoms with Gasteiger partial charge in [-0.15, -0.1) is 20.1 Å². The Balaban J connectivity index is 1.09. The van der Waals surface area contributed by atoms with Crippen LogP contribution < -0.4 is 28.7 Å². The Labute approximate surface area is 466 Å². The molecule has 0 N–H and O–H groups in total. The third-order valence-electron chi connectivity index (χ3n) is 18.5. The van der Waals surface area contributed by atoms with Crippen LogP contribution in [-0.4, -0.2) is 0 Å². The van der Waals surface area contributed by atoms with Gasteiger partial charge in [0.1, 0.15) is 45.9 Å². The van der Waals surface area contributed by atoms with Crippen molar-refractivity contribution in [1.82, 2.24) is 0 Å². The third kappa shape index (κ3) is 4.82. The molecule has 11 aromatic rings. The van der Waals surface area contributed by atoms with Gasteiger partial charge < -0.3 is 28.7 Å². The Kier molecular flexibility index (Phi) is 7.99. The summed E-state index contributed by atoms with van der Waals surface area (Å²) in [6, 6.07) is 80.4. The van der Waals surface area contributed by atoms with E-state index in [1.165, 1.54) is 64.1 Å². The smallest absolute Gasteiger partial charge is 0.168 e. The van der Waals surface area contributed by atoms with Crippen LogP contribution >= 0.6 is 20.1 Å². The summed E-state index contributed by atoms with van der Waals surface area (Å²) in [6.45, 7) is 9.50. The fourth-order valence-electron chi connectivity index (χ4n) is 15.5. The van der Waals surface area contributed by atoms with Gasteiger partial charge in [-0.2, -0.15) is 0 Å². The van der Waals surface area contributed by atoms with Gasteiger partial charge in [-0.3, -0.25) is 0 Å². The van der Waals surface area contributed by atoms with E-state index in [4.69, 9.17) is 18.9 Å². The summed E-state index contributed by atoms with van der Waals surface area (Å²) >= 11 is 0. The fraction of sp³-hybridized carbons (Fsp3) is 0.0833. The molecule has 19 rings (SSSR count). The van der Waals surface area contributed by atoms with Crippen LogP contribution in [0.25, 0.3) is 22.3 Å². The molecule has 382 valence electrons. The van der Waals surface area contributed by atoms with E-state index in [0.29, 0.717) is 0 Å². The molecule has 0 saturated carbocycles. The zero-order valence-corrected chi connectivity index (χ0v) is 45.8. The van der Waals surface area contributed by atoms with Gasteiger partial charge in [0.15, 0.2) is 11.5 Å². The average molecular weight is 1070 g/mol. The Bertz CT molecular complexity index is 4380. The van der Waals surface area contributed by atoms with Gasteiger partial charge in [0, 0.05) is 43.1 Å². The average Bonchev–Trinajstić information content (AvgIpc) is 1.25. The molecular formula is C72H48N2O4S2. The van der Waals surface area contributed by atoms with Crippen molar-refractivity contribution in [3.63, 3.8) is 0 Å². The highest BCUT2D eigenvalue weighted by Crippen LogP contribution is 2.96. The van der Waals surface area contributed by atoms with Crippen LogP contribution in [0, 0.1) is 0 Å². The number of fused-ring (bicyclic) bond motifs is 10. The molecule has 0 spiro atoms.